The molecule has 2 unspecified atom stereocenters. The highest BCUT2D eigenvalue weighted by Gasteiger charge is 2.19. The van der Waals surface area contributed by atoms with E-state index in [0.29, 0.717) is 32.2 Å². The van der Waals surface area contributed by atoms with E-state index >= 15 is 0 Å². The molecule has 0 heterocycles. The number of carboxylic acids is 1. The third-order valence-corrected chi connectivity index (χ3v) is 12.5. The maximum absolute atomic E-state index is 12.9. The number of hydrogen-bond acceptors (Lipinski definition) is 5. The number of allylic oxidation sites excluding steroid dienone is 4. The normalized spacial score (nSPS) is 12.7. The van der Waals surface area contributed by atoms with E-state index in [9.17, 15) is 19.5 Å². The molecule has 0 fully saturated rings. The van der Waals surface area contributed by atoms with E-state index in [-0.39, 0.29) is 18.0 Å². The van der Waals surface area contributed by atoms with Gasteiger partial charge in [0.2, 0.25) is 5.91 Å². The minimum atomic E-state index is -1.00. The molecular weight excluding hydrogens is 769 g/mol. The highest BCUT2D eigenvalue weighted by molar-refractivity contribution is 5.83. The Morgan fingerprint density at radius 3 is 1.18 bits per heavy atom. The molecule has 0 bridgehead atoms. The molecule has 0 aliphatic heterocycles. The molecular formula is C55H104N2O5. The Balaban J connectivity index is 4.25. The average molecular weight is 873 g/mol. The van der Waals surface area contributed by atoms with E-state index in [4.69, 9.17) is 10.5 Å². The molecule has 0 aromatic carbocycles. The van der Waals surface area contributed by atoms with Gasteiger partial charge in [-0.3, -0.25) is 9.59 Å². The van der Waals surface area contributed by atoms with Gasteiger partial charge in [0.15, 0.2) is 0 Å². The predicted octanol–water partition coefficient (Wildman–Crippen LogP) is 16.4. The standard InChI is InChI=1S/C55H104N2O5/c1-3-5-7-9-11-13-15-17-19-20-21-22-23-24-26-28-30-32-34-39-43-49-54(59)62-51(45-40-36-33-31-29-27-25-18-16-14-12-10-8-6-4-2)46-41-37-35-38-42-48-53(58)57-52(55(60)61)47-44-50-56/h20-21,27,29,51-52H,3-19,22-26,28,30-50,56H2,1-2H3,(H,57,58)(H,60,61)/b21-20-,29-27-. The summed E-state index contributed by atoms with van der Waals surface area (Å²) in [6, 6.07) is -0.858. The molecule has 2 atom stereocenters. The van der Waals surface area contributed by atoms with Crippen LogP contribution in [-0.2, 0) is 19.1 Å². The Labute approximate surface area is 384 Å². The molecule has 7 heteroatoms. The number of rotatable bonds is 50. The van der Waals surface area contributed by atoms with Gasteiger partial charge in [-0.2, -0.15) is 0 Å². The number of nitrogens with one attached hydrogen (secondary N) is 1. The van der Waals surface area contributed by atoms with Crippen molar-refractivity contribution in [1.82, 2.24) is 5.32 Å². The number of ether oxygens (including phenoxy) is 1. The summed E-state index contributed by atoms with van der Waals surface area (Å²) in [5.74, 6) is -1.23. The maximum atomic E-state index is 12.9. The first-order valence-electron chi connectivity index (χ1n) is 27.2. The van der Waals surface area contributed by atoms with E-state index < -0.39 is 12.0 Å². The molecule has 0 rings (SSSR count). The second-order valence-corrected chi connectivity index (χ2v) is 18.6. The van der Waals surface area contributed by atoms with E-state index in [2.05, 4.69) is 43.5 Å². The molecule has 0 saturated heterocycles. The van der Waals surface area contributed by atoms with Gasteiger partial charge < -0.3 is 20.9 Å². The first-order valence-corrected chi connectivity index (χ1v) is 27.2. The third-order valence-electron chi connectivity index (χ3n) is 12.5. The summed E-state index contributed by atoms with van der Waals surface area (Å²) < 4.78 is 6.09. The fourth-order valence-corrected chi connectivity index (χ4v) is 8.38. The largest absolute Gasteiger partial charge is 0.480 e. The number of unbranched alkanes of at least 4 members (excludes halogenated alkanes) is 32. The smallest absolute Gasteiger partial charge is 0.326 e. The van der Waals surface area contributed by atoms with Crippen molar-refractivity contribution in [1.29, 1.82) is 0 Å². The lowest BCUT2D eigenvalue weighted by atomic mass is 10.0. The summed E-state index contributed by atoms with van der Waals surface area (Å²) in [4.78, 5) is 36.6. The Bertz CT molecular complexity index is 1030. The van der Waals surface area contributed by atoms with Crippen molar-refractivity contribution < 1.29 is 24.2 Å². The van der Waals surface area contributed by atoms with Crippen LogP contribution in [0.25, 0.3) is 0 Å². The van der Waals surface area contributed by atoms with E-state index in [1.165, 1.54) is 180 Å². The fourth-order valence-electron chi connectivity index (χ4n) is 8.38. The lowest BCUT2D eigenvalue weighted by Crippen LogP contribution is -2.40. The lowest BCUT2D eigenvalue weighted by Gasteiger charge is -2.18. The molecule has 0 spiro atoms. The minimum Gasteiger partial charge on any atom is -0.480 e. The highest BCUT2D eigenvalue weighted by Crippen LogP contribution is 2.19. The summed E-state index contributed by atoms with van der Waals surface area (Å²) in [7, 11) is 0. The Morgan fingerprint density at radius 2 is 0.790 bits per heavy atom. The van der Waals surface area contributed by atoms with Gasteiger partial charge in [0.25, 0.3) is 0 Å². The van der Waals surface area contributed by atoms with Crippen LogP contribution >= 0.6 is 0 Å². The molecule has 7 nitrogen and oxygen atoms in total. The summed E-state index contributed by atoms with van der Waals surface area (Å²) in [6.07, 6.45) is 59.6. The van der Waals surface area contributed by atoms with Gasteiger partial charge in [-0.05, 0) is 109 Å². The van der Waals surface area contributed by atoms with Gasteiger partial charge >= 0.3 is 11.9 Å². The van der Waals surface area contributed by atoms with E-state index in [1.54, 1.807) is 0 Å². The van der Waals surface area contributed by atoms with Crippen LogP contribution in [0.3, 0.4) is 0 Å². The fraction of sp³-hybridized carbons (Fsp3) is 0.873. The minimum absolute atomic E-state index is 0.00217. The maximum Gasteiger partial charge on any atom is 0.326 e. The lowest BCUT2D eigenvalue weighted by molar-refractivity contribution is -0.150. The van der Waals surface area contributed by atoms with Crippen LogP contribution in [-0.4, -0.2) is 41.6 Å². The molecule has 0 radical (unpaired) electrons. The van der Waals surface area contributed by atoms with Gasteiger partial charge in [0.05, 0.1) is 0 Å². The van der Waals surface area contributed by atoms with Crippen LogP contribution in [0.4, 0.5) is 0 Å². The third kappa shape index (κ3) is 45.9. The van der Waals surface area contributed by atoms with Crippen LogP contribution in [0.15, 0.2) is 24.3 Å². The van der Waals surface area contributed by atoms with Crippen molar-refractivity contribution >= 4 is 17.8 Å². The van der Waals surface area contributed by atoms with Crippen molar-refractivity contribution in [3.63, 3.8) is 0 Å². The SMILES string of the molecule is CCCCCCCCCC/C=C\CCCCCCCCCCCC(=O)OC(CCCCC/C=C\CCCCCCCCCC)CCCCCCCC(=O)NC(CCCN)C(=O)O. The van der Waals surface area contributed by atoms with Crippen molar-refractivity contribution in [3.05, 3.63) is 24.3 Å². The summed E-state index contributed by atoms with van der Waals surface area (Å²) in [5, 5.41) is 12.0. The Morgan fingerprint density at radius 1 is 0.452 bits per heavy atom. The zero-order valence-electron chi connectivity index (χ0n) is 41.2. The molecule has 0 aromatic heterocycles. The topological polar surface area (TPSA) is 119 Å². The zero-order valence-corrected chi connectivity index (χ0v) is 41.2. The second kappa shape index (κ2) is 49.9. The van der Waals surface area contributed by atoms with E-state index in [1.807, 2.05) is 0 Å². The first kappa shape index (κ1) is 59.9. The average Bonchev–Trinajstić information content (AvgIpc) is 3.26. The second-order valence-electron chi connectivity index (χ2n) is 18.6. The first-order chi connectivity index (χ1) is 30.4. The number of nitrogens with two attached hydrogens (primary N) is 1. The van der Waals surface area contributed by atoms with Gasteiger partial charge in [0, 0.05) is 12.8 Å². The summed E-state index contributed by atoms with van der Waals surface area (Å²) in [6.45, 7) is 4.97. The summed E-state index contributed by atoms with van der Waals surface area (Å²) in [5.41, 5.74) is 5.51. The van der Waals surface area contributed by atoms with Gasteiger partial charge in [-0.25, -0.2) is 4.79 Å². The molecule has 0 aliphatic carbocycles. The molecule has 62 heavy (non-hydrogen) atoms. The number of carboxylic acid groups (broad SMARTS) is 1. The van der Waals surface area contributed by atoms with Crippen LogP contribution in [0, 0.1) is 0 Å². The quantitative estimate of drug-likeness (QED) is 0.0318. The summed E-state index contributed by atoms with van der Waals surface area (Å²) >= 11 is 0. The number of esters is 1. The predicted molar refractivity (Wildman–Crippen MR) is 267 cm³/mol. The number of carbonyl (C=O) groups is 3. The molecule has 0 aliphatic rings. The molecule has 0 aromatic rings. The Hall–Kier alpha value is -2.15. The van der Waals surface area contributed by atoms with Crippen LogP contribution in [0.2, 0.25) is 0 Å². The zero-order chi connectivity index (χ0) is 45.2. The number of hydrogen-bond donors (Lipinski definition) is 3. The van der Waals surface area contributed by atoms with Gasteiger partial charge in [-0.1, -0.05) is 199 Å². The Kier molecular flexibility index (Phi) is 48.1. The van der Waals surface area contributed by atoms with Crippen LogP contribution < -0.4 is 11.1 Å². The number of carbonyl (C=O) groups excluding carboxylic acids is 2. The van der Waals surface area contributed by atoms with E-state index in [0.717, 1.165) is 70.6 Å². The molecule has 364 valence electrons. The molecule has 0 saturated carbocycles. The van der Waals surface area contributed by atoms with Crippen LogP contribution in [0.5, 0.6) is 0 Å². The van der Waals surface area contributed by atoms with Gasteiger partial charge in [0.1, 0.15) is 12.1 Å². The molecule has 4 N–H and O–H groups in total. The highest BCUT2D eigenvalue weighted by atomic mass is 16.5. The molecule has 1 amide bonds. The monoisotopic (exact) mass is 873 g/mol. The number of amides is 1. The van der Waals surface area contributed by atoms with Crippen LogP contribution in [0.1, 0.15) is 290 Å². The number of aliphatic carboxylic acids is 1. The van der Waals surface area contributed by atoms with Crippen molar-refractivity contribution in [2.45, 2.75) is 302 Å². The van der Waals surface area contributed by atoms with Crippen molar-refractivity contribution in [3.8, 4) is 0 Å². The van der Waals surface area contributed by atoms with Crippen molar-refractivity contribution in [2.75, 3.05) is 6.54 Å². The van der Waals surface area contributed by atoms with Gasteiger partial charge in [-0.15, -0.1) is 0 Å². The van der Waals surface area contributed by atoms with Crippen molar-refractivity contribution in [2.24, 2.45) is 5.73 Å².